The maximum absolute atomic E-state index is 12.9. The lowest BCUT2D eigenvalue weighted by atomic mass is 10.0. The number of hydrogen-bond donors (Lipinski definition) is 1. The zero-order valence-corrected chi connectivity index (χ0v) is 9.81. The van der Waals surface area contributed by atoms with E-state index in [1.165, 1.54) is 19.2 Å². The highest BCUT2D eigenvalue weighted by Gasteiger charge is 2.16. The third-order valence-corrected chi connectivity index (χ3v) is 2.61. The van der Waals surface area contributed by atoms with Gasteiger partial charge in [0.2, 0.25) is 0 Å². The van der Waals surface area contributed by atoms with Gasteiger partial charge in [0.05, 0.1) is 12.7 Å². The van der Waals surface area contributed by atoms with Gasteiger partial charge in [-0.15, -0.1) is 0 Å². The van der Waals surface area contributed by atoms with E-state index in [4.69, 9.17) is 10.5 Å². The molecule has 0 bridgehead atoms. The number of halogens is 1. The second kappa shape index (κ2) is 4.87. The largest absolute Gasteiger partial charge is 0.496 e. The van der Waals surface area contributed by atoms with Crippen LogP contribution in [-0.4, -0.2) is 12.9 Å². The average molecular weight is 245 g/mol. The first-order valence-corrected chi connectivity index (χ1v) is 5.36. The topological polar surface area (TPSA) is 52.3 Å². The number of ketones is 1. The van der Waals surface area contributed by atoms with Crippen molar-refractivity contribution in [3.63, 3.8) is 0 Å². The molecule has 0 saturated heterocycles. The van der Waals surface area contributed by atoms with E-state index in [9.17, 15) is 9.18 Å². The third kappa shape index (κ3) is 2.18. The van der Waals surface area contributed by atoms with Crippen molar-refractivity contribution < 1.29 is 13.9 Å². The van der Waals surface area contributed by atoms with Crippen LogP contribution < -0.4 is 10.5 Å². The van der Waals surface area contributed by atoms with E-state index in [-0.39, 0.29) is 17.0 Å². The van der Waals surface area contributed by atoms with Crippen molar-refractivity contribution >= 4 is 11.5 Å². The van der Waals surface area contributed by atoms with Crippen LogP contribution in [0.15, 0.2) is 42.5 Å². The summed E-state index contributed by atoms with van der Waals surface area (Å²) in [6.45, 7) is 0. The number of para-hydroxylation sites is 1. The Morgan fingerprint density at radius 3 is 2.56 bits per heavy atom. The van der Waals surface area contributed by atoms with Crippen LogP contribution in [0.5, 0.6) is 5.75 Å². The second-order valence-corrected chi connectivity index (χ2v) is 3.76. The number of carbonyl (C=O) groups excluding carboxylic acids is 1. The molecule has 4 heteroatoms. The van der Waals surface area contributed by atoms with Gasteiger partial charge >= 0.3 is 0 Å². The molecule has 0 saturated carbocycles. The molecule has 0 aliphatic heterocycles. The van der Waals surface area contributed by atoms with Gasteiger partial charge in [0, 0.05) is 11.3 Å². The molecule has 18 heavy (non-hydrogen) atoms. The lowest BCUT2D eigenvalue weighted by Gasteiger charge is -2.08. The maximum atomic E-state index is 12.9. The Hall–Kier alpha value is -2.36. The summed E-state index contributed by atoms with van der Waals surface area (Å²) in [5, 5.41) is 0. The van der Waals surface area contributed by atoms with Crippen LogP contribution in [0.1, 0.15) is 15.9 Å². The number of nitrogens with two attached hydrogens (primary N) is 1. The molecule has 3 nitrogen and oxygen atoms in total. The summed E-state index contributed by atoms with van der Waals surface area (Å²) in [6.07, 6.45) is 0. The molecule has 2 aromatic rings. The van der Waals surface area contributed by atoms with Crippen molar-refractivity contribution in [2.45, 2.75) is 0 Å². The van der Waals surface area contributed by atoms with Crippen molar-refractivity contribution in [2.24, 2.45) is 0 Å². The number of benzene rings is 2. The summed E-state index contributed by atoms with van der Waals surface area (Å²) in [4.78, 5) is 12.3. The van der Waals surface area contributed by atoms with Gasteiger partial charge in [-0.1, -0.05) is 12.1 Å². The molecule has 0 fully saturated rings. The Morgan fingerprint density at radius 1 is 1.17 bits per heavy atom. The highest BCUT2D eigenvalue weighted by Crippen LogP contribution is 2.24. The summed E-state index contributed by atoms with van der Waals surface area (Å²) in [5.74, 6) is -0.291. The molecule has 0 atom stereocenters. The SMILES string of the molecule is COc1ccccc1C(=O)c1ccc(F)cc1N. The molecule has 0 radical (unpaired) electrons. The molecule has 0 amide bonds. The van der Waals surface area contributed by atoms with Crippen LogP contribution in [-0.2, 0) is 0 Å². The van der Waals surface area contributed by atoms with E-state index in [2.05, 4.69) is 0 Å². The predicted molar refractivity (Wildman–Crippen MR) is 67.2 cm³/mol. The van der Waals surface area contributed by atoms with Gasteiger partial charge in [0.25, 0.3) is 0 Å². The highest BCUT2D eigenvalue weighted by atomic mass is 19.1. The summed E-state index contributed by atoms with van der Waals surface area (Å²) in [6, 6.07) is 10.5. The minimum absolute atomic E-state index is 0.117. The molecule has 2 N–H and O–H groups in total. The number of ether oxygens (including phenoxy) is 1. The molecule has 2 rings (SSSR count). The molecule has 2 aromatic carbocycles. The summed E-state index contributed by atoms with van der Waals surface area (Å²) < 4.78 is 18.1. The number of hydrogen-bond acceptors (Lipinski definition) is 3. The Balaban J connectivity index is 2.48. The first-order valence-electron chi connectivity index (χ1n) is 5.36. The van der Waals surface area contributed by atoms with E-state index in [1.807, 2.05) is 0 Å². The van der Waals surface area contributed by atoms with Crippen LogP contribution in [0.2, 0.25) is 0 Å². The van der Waals surface area contributed by atoms with Gasteiger partial charge in [-0.2, -0.15) is 0 Å². The Bertz CT molecular complexity index is 596. The van der Waals surface area contributed by atoms with Gasteiger partial charge in [-0.25, -0.2) is 4.39 Å². The number of methoxy groups -OCH3 is 1. The normalized spacial score (nSPS) is 10.1. The van der Waals surface area contributed by atoms with Gasteiger partial charge in [-0.3, -0.25) is 4.79 Å². The van der Waals surface area contributed by atoms with Crippen LogP contribution >= 0.6 is 0 Å². The van der Waals surface area contributed by atoms with Gasteiger partial charge in [-0.05, 0) is 30.3 Å². The van der Waals surface area contributed by atoms with Crippen LogP contribution in [0.25, 0.3) is 0 Å². The first kappa shape index (κ1) is 12.1. The summed E-state index contributed by atoms with van der Waals surface area (Å²) in [5.41, 5.74) is 6.43. The molecular formula is C14H12FNO2. The maximum Gasteiger partial charge on any atom is 0.198 e. The van der Waals surface area contributed by atoms with E-state index in [0.717, 1.165) is 6.07 Å². The first-order chi connectivity index (χ1) is 8.63. The standard InChI is InChI=1S/C14H12FNO2/c1-18-13-5-3-2-4-11(13)14(17)10-7-6-9(15)8-12(10)16/h2-8H,16H2,1H3. The fourth-order valence-corrected chi connectivity index (χ4v) is 1.72. The Morgan fingerprint density at radius 2 is 1.89 bits per heavy atom. The van der Waals surface area contributed by atoms with Crippen molar-refractivity contribution in [3.8, 4) is 5.75 Å². The fraction of sp³-hybridized carbons (Fsp3) is 0.0714. The fourth-order valence-electron chi connectivity index (χ4n) is 1.72. The molecule has 92 valence electrons. The molecule has 0 heterocycles. The van der Waals surface area contributed by atoms with Crippen LogP contribution in [0.3, 0.4) is 0 Å². The molecule has 0 aliphatic carbocycles. The zero-order chi connectivity index (χ0) is 13.1. The molecule has 0 aromatic heterocycles. The van der Waals surface area contributed by atoms with E-state index in [1.54, 1.807) is 24.3 Å². The second-order valence-electron chi connectivity index (χ2n) is 3.76. The smallest absolute Gasteiger partial charge is 0.198 e. The Labute approximate surface area is 104 Å². The predicted octanol–water partition coefficient (Wildman–Crippen LogP) is 2.65. The lowest BCUT2D eigenvalue weighted by molar-refractivity contribution is 0.103. The van der Waals surface area contributed by atoms with Crippen LogP contribution in [0.4, 0.5) is 10.1 Å². The number of rotatable bonds is 3. The van der Waals surface area contributed by atoms with E-state index in [0.29, 0.717) is 11.3 Å². The van der Waals surface area contributed by atoms with Crippen LogP contribution in [0, 0.1) is 5.82 Å². The summed E-state index contributed by atoms with van der Waals surface area (Å²) in [7, 11) is 1.49. The zero-order valence-electron chi connectivity index (χ0n) is 9.81. The minimum atomic E-state index is -0.468. The van der Waals surface area contributed by atoms with Crippen molar-refractivity contribution in [1.29, 1.82) is 0 Å². The monoisotopic (exact) mass is 245 g/mol. The molecular weight excluding hydrogens is 233 g/mol. The number of nitrogen functional groups attached to an aromatic ring is 1. The minimum Gasteiger partial charge on any atom is -0.496 e. The highest BCUT2D eigenvalue weighted by molar-refractivity contribution is 6.13. The number of carbonyl (C=O) groups is 1. The quantitative estimate of drug-likeness (QED) is 0.668. The van der Waals surface area contributed by atoms with E-state index < -0.39 is 5.82 Å². The Kier molecular flexibility index (Phi) is 3.28. The van der Waals surface area contributed by atoms with Crippen molar-refractivity contribution in [3.05, 3.63) is 59.4 Å². The third-order valence-electron chi connectivity index (χ3n) is 2.61. The van der Waals surface area contributed by atoms with Gasteiger partial charge < -0.3 is 10.5 Å². The van der Waals surface area contributed by atoms with E-state index >= 15 is 0 Å². The van der Waals surface area contributed by atoms with Gasteiger partial charge in [0.15, 0.2) is 5.78 Å². The van der Waals surface area contributed by atoms with Gasteiger partial charge in [0.1, 0.15) is 11.6 Å². The summed E-state index contributed by atoms with van der Waals surface area (Å²) >= 11 is 0. The van der Waals surface area contributed by atoms with Crippen molar-refractivity contribution in [1.82, 2.24) is 0 Å². The molecule has 0 unspecified atom stereocenters. The molecule has 0 aliphatic rings. The number of anilines is 1. The van der Waals surface area contributed by atoms with Crippen molar-refractivity contribution in [2.75, 3.05) is 12.8 Å². The molecule has 0 spiro atoms. The lowest BCUT2D eigenvalue weighted by Crippen LogP contribution is -2.07. The average Bonchev–Trinajstić information content (AvgIpc) is 2.38.